The highest BCUT2D eigenvalue weighted by Gasteiger charge is 2.31. The zero-order chi connectivity index (χ0) is 14.1. The molecule has 0 spiro atoms. The number of nitrogens with one attached hydrogen (secondary N) is 1. The van der Waals surface area contributed by atoms with Crippen LogP contribution in [0.2, 0.25) is 0 Å². The third-order valence-corrected chi connectivity index (χ3v) is 4.40. The summed E-state index contributed by atoms with van der Waals surface area (Å²) >= 11 is 3.38. The van der Waals surface area contributed by atoms with E-state index in [1.54, 1.807) is 6.20 Å². The molecule has 0 saturated carbocycles. The van der Waals surface area contributed by atoms with Gasteiger partial charge in [-0.1, -0.05) is 24.3 Å². The third-order valence-electron chi connectivity index (χ3n) is 3.94. The van der Waals surface area contributed by atoms with Crippen LogP contribution in [0.25, 0.3) is 0 Å². The summed E-state index contributed by atoms with van der Waals surface area (Å²) in [4.78, 5) is 17.6. The second-order valence-electron chi connectivity index (χ2n) is 5.24. The van der Waals surface area contributed by atoms with E-state index >= 15 is 0 Å². The SMILES string of the molecule is Cc1ccccc1C1CCCN1C(=O)c1cc(Br)c[nH]1. The van der Waals surface area contributed by atoms with Crippen LogP contribution in [0, 0.1) is 6.92 Å². The molecule has 1 aromatic carbocycles. The number of carbonyl (C=O) groups excluding carboxylic acids is 1. The second kappa shape index (κ2) is 5.44. The maximum atomic E-state index is 12.6. The normalized spacial score (nSPS) is 18.5. The number of aromatic amines is 1. The number of hydrogen-bond donors (Lipinski definition) is 1. The van der Waals surface area contributed by atoms with E-state index in [0.29, 0.717) is 5.69 Å². The van der Waals surface area contributed by atoms with Crippen LogP contribution < -0.4 is 0 Å². The minimum atomic E-state index is 0.0847. The molecule has 3 nitrogen and oxygen atoms in total. The smallest absolute Gasteiger partial charge is 0.270 e. The molecule has 3 rings (SSSR count). The van der Waals surface area contributed by atoms with Crippen LogP contribution >= 0.6 is 15.9 Å². The molecule has 4 heteroatoms. The molecule has 1 atom stereocenters. The molecule has 104 valence electrons. The fraction of sp³-hybridized carbons (Fsp3) is 0.312. The highest BCUT2D eigenvalue weighted by atomic mass is 79.9. The molecule has 0 bridgehead atoms. The van der Waals surface area contributed by atoms with Crippen molar-refractivity contribution in [3.05, 3.63) is 57.8 Å². The zero-order valence-electron chi connectivity index (χ0n) is 11.4. The highest BCUT2D eigenvalue weighted by molar-refractivity contribution is 9.10. The molecule has 1 saturated heterocycles. The molecular formula is C16H17BrN2O. The average Bonchev–Trinajstić information content (AvgIpc) is 3.07. The van der Waals surface area contributed by atoms with Gasteiger partial charge in [0.25, 0.3) is 5.91 Å². The Hall–Kier alpha value is -1.55. The van der Waals surface area contributed by atoms with E-state index in [-0.39, 0.29) is 11.9 Å². The first-order valence-corrected chi connectivity index (χ1v) is 7.66. The van der Waals surface area contributed by atoms with Crippen molar-refractivity contribution in [2.24, 2.45) is 0 Å². The van der Waals surface area contributed by atoms with E-state index in [0.717, 1.165) is 23.9 Å². The Morgan fingerprint density at radius 2 is 2.20 bits per heavy atom. The van der Waals surface area contributed by atoms with E-state index in [9.17, 15) is 4.79 Å². The lowest BCUT2D eigenvalue weighted by molar-refractivity contribution is 0.0730. The molecule has 20 heavy (non-hydrogen) atoms. The van der Waals surface area contributed by atoms with Crippen molar-refractivity contribution in [2.75, 3.05) is 6.54 Å². The number of halogens is 1. The minimum Gasteiger partial charge on any atom is -0.356 e. The van der Waals surface area contributed by atoms with E-state index in [1.165, 1.54) is 11.1 Å². The standard InChI is InChI=1S/C16H17BrN2O/c1-11-5-2-3-6-13(11)15-7-4-8-19(15)16(20)14-9-12(17)10-18-14/h2-3,5-6,9-10,15,18H,4,7-8H2,1H3. The maximum Gasteiger partial charge on any atom is 0.270 e. The van der Waals surface area contributed by atoms with Gasteiger partial charge in [-0.3, -0.25) is 4.79 Å². The molecule has 0 radical (unpaired) electrons. The minimum absolute atomic E-state index is 0.0847. The van der Waals surface area contributed by atoms with Crippen LogP contribution in [0.5, 0.6) is 0 Å². The third kappa shape index (κ3) is 2.40. The molecule has 2 aromatic rings. The van der Waals surface area contributed by atoms with Crippen molar-refractivity contribution in [1.29, 1.82) is 0 Å². The summed E-state index contributed by atoms with van der Waals surface area (Å²) in [6, 6.07) is 10.4. The fourth-order valence-corrected chi connectivity index (χ4v) is 3.28. The molecule has 1 fully saturated rings. The number of nitrogens with zero attached hydrogens (tertiary/aromatic N) is 1. The van der Waals surface area contributed by atoms with Gasteiger partial charge >= 0.3 is 0 Å². The van der Waals surface area contributed by atoms with Crippen molar-refractivity contribution in [3.63, 3.8) is 0 Å². The summed E-state index contributed by atoms with van der Waals surface area (Å²) in [6.07, 6.45) is 3.90. The fourth-order valence-electron chi connectivity index (χ4n) is 2.94. The summed E-state index contributed by atoms with van der Waals surface area (Å²) in [5.74, 6) is 0.0847. The number of rotatable bonds is 2. The van der Waals surface area contributed by atoms with Crippen LogP contribution in [0.15, 0.2) is 41.0 Å². The average molecular weight is 333 g/mol. The van der Waals surface area contributed by atoms with Crippen LogP contribution in [-0.2, 0) is 0 Å². The van der Waals surface area contributed by atoms with E-state index in [2.05, 4.69) is 46.0 Å². The van der Waals surface area contributed by atoms with Crippen LogP contribution in [0.4, 0.5) is 0 Å². The Morgan fingerprint density at radius 1 is 1.40 bits per heavy atom. The molecule has 1 N–H and O–H groups in total. The predicted octanol–water partition coefficient (Wildman–Crippen LogP) is 4.06. The first-order chi connectivity index (χ1) is 9.66. The molecule has 0 aliphatic carbocycles. The number of aryl methyl sites for hydroxylation is 1. The Balaban J connectivity index is 1.90. The van der Waals surface area contributed by atoms with Gasteiger partial charge in [-0.25, -0.2) is 0 Å². The van der Waals surface area contributed by atoms with E-state index in [4.69, 9.17) is 0 Å². The number of benzene rings is 1. The number of aromatic nitrogens is 1. The van der Waals surface area contributed by atoms with Crippen molar-refractivity contribution in [3.8, 4) is 0 Å². The van der Waals surface area contributed by atoms with Gasteiger partial charge in [-0.15, -0.1) is 0 Å². The summed E-state index contributed by atoms with van der Waals surface area (Å²) < 4.78 is 0.910. The van der Waals surface area contributed by atoms with Gasteiger partial charge in [0.05, 0.1) is 6.04 Å². The Morgan fingerprint density at radius 3 is 2.90 bits per heavy atom. The van der Waals surface area contributed by atoms with Gasteiger partial charge in [0.2, 0.25) is 0 Å². The maximum absolute atomic E-state index is 12.6. The first-order valence-electron chi connectivity index (χ1n) is 6.87. The largest absolute Gasteiger partial charge is 0.356 e. The number of amides is 1. The van der Waals surface area contributed by atoms with Gasteiger partial charge in [-0.2, -0.15) is 0 Å². The van der Waals surface area contributed by atoms with Crippen molar-refractivity contribution in [1.82, 2.24) is 9.88 Å². The summed E-state index contributed by atoms with van der Waals surface area (Å²) in [7, 11) is 0. The van der Waals surface area contributed by atoms with E-state index < -0.39 is 0 Å². The molecular weight excluding hydrogens is 316 g/mol. The summed E-state index contributed by atoms with van der Waals surface area (Å²) in [5, 5.41) is 0. The van der Waals surface area contributed by atoms with Gasteiger partial charge in [0, 0.05) is 17.2 Å². The molecule has 1 unspecified atom stereocenters. The Labute approximate surface area is 127 Å². The van der Waals surface area contributed by atoms with Gasteiger partial charge in [0.1, 0.15) is 5.69 Å². The van der Waals surface area contributed by atoms with Crippen molar-refractivity contribution >= 4 is 21.8 Å². The van der Waals surface area contributed by atoms with Gasteiger partial charge in [0.15, 0.2) is 0 Å². The second-order valence-corrected chi connectivity index (χ2v) is 6.16. The predicted molar refractivity (Wildman–Crippen MR) is 82.7 cm³/mol. The lowest BCUT2D eigenvalue weighted by atomic mass is 9.99. The quantitative estimate of drug-likeness (QED) is 0.884. The number of carbonyl (C=O) groups is 1. The lowest BCUT2D eigenvalue weighted by Gasteiger charge is -2.26. The van der Waals surface area contributed by atoms with Crippen molar-refractivity contribution in [2.45, 2.75) is 25.8 Å². The topological polar surface area (TPSA) is 36.1 Å². The summed E-state index contributed by atoms with van der Waals surface area (Å²) in [6.45, 7) is 2.94. The highest BCUT2D eigenvalue weighted by Crippen LogP contribution is 2.34. The van der Waals surface area contributed by atoms with Crippen LogP contribution in [-0.4, -0.2) is 22.3 Å². The Kier molecular flexibility index (Phi) is 3.66. The molecule has 1 aliphatic rings. The first kappa shape index (κ1) is 13.4. The van der Waals surface area contributed by atoms with E-state index in [1.807, 2.05) is 17.0 Å². The number of hydrogen-bond acceptors (Lipinski definition) is 1. The zero-order valence-corrected chi connectivity index (χ0v) is 13.0. The van der Waals surface area contributed by atoms with Gasteiger partial charge < -0.3 is 9.88 Å². The molecule has 1 amide bonds. The van der Waals surface area contributed by atoms with Crippen LogP contribution in [0.1, 0.15) is 40.5 Å². The lowest BCUT2D eigenvalue weighted by Crippen LogP contribution is -2.31. The Bertz CT molecular complexity index is 635. The summed E-state index contributed by atoms with van der Waals surface area (Å²) in [5.41, 5.74) is 3.17. The van der Waals surface area contributed by atoms with Crippen LogP contribution in [0.3, 0.4) is 0 Å². The number of H-pyrrole nitrogens is 1. The molecule has 2 heterocycles. The van der Waals surface area contributed by atoms with Gasteiger partial charge in [-0.05, 0) is 52.9 Å². The monoisotopic (exact) mass is 332 g/mol. The molecule has 1 aliphatic heterocycles. The van der Waals surface area contributed by atoms with Crippen molar-refractivity contribution < 1.29 is 4.79 Å². The number of likely N-dealkylation sites (tertiary alicyclic amines) is 1. The molecule has 1 aromatic heterocycles.